The predicted molar refractivity (Wildman–Crippen MR) is 117 cm³/mol. The van der Waals surface area contributed by atoms with Crippen LogP contribution in [-0.2, 0) is 17.5 Å². The van der Waals surface area contributed by atoms with Gasteiger partial charge in [-0.2, -0.15) is 18.3 Å². The molecule has 3 rings (SSSR count). The maximum Gasteiger partial charge on any atom is 0.416 e. The molecule has 1 N–H and O–H groups in total. The summed E-state index contributed by atoms with van der Waals surface area (Å²) in [5, 5.41) is 4.21. The number of carbonyl (C=O) groups excluding carboxylic acids is 2. The minimum atomic E-state index is -4.42. The van der Waals surface area contributed by atoms with E-state index in [4.69, 9.17) is 0 Å². The number of carbonyl (C=O) groups is 2. The van der Waals surface area contributed by atoms with Crippen LogP contribution in [0.5, 0.6) is 0 Å². The number of hydrogen-bond acceptors (Lipinski definition) is 4. The summed E-state index contributed by atoms with van der Waals surface area (Å²) in [5.41, 5.74) is 0.425. The zero-order chi connectivity index (χ0) is 24.2. The molecule has 2 aromatic heterocycles. The number of nitrogens with one attached hydrogen (secondary N) is 1. The summed E-state index contributed by atoms with van der Waals surface area (Å²) in [5.74, 6) is 0.233. The molecule has 11 heteroatoms. The number of aromatic amines is 1. The number of rotatable bonds is 9. The van der Waals surface area contributed by atoms with Gasteiger partial charge in [0.05, 0.1) is 23.9 Å². The summed E-state index contributed by atoms with van der Waals surface area (Å²) in [6.07, 6.45) is 0.0641. The predicted octanol–water partition coefficient (Wildman–Crippen LogP) is 3.81. The quantitative estimate of drug-likeness (QED) is 0.490. The van der Waals surface area contributed by atoms with Crippen LogP contribution in [0.2, 0.25) is 0 Å². The second-order valence-corrected chi connectivity index (χ2v) is 7.53. The summed E-state index contributed by atoms with van der Waals surface area (Å²) in [6, 6.07) is 5.04. The average molecular weight is 462 g/mol. The van der Waals surface area contributed by atoms with Crippen molar-refractivity contribution in [3.8, 4) is 11.4 Å². The molecule has 0 aliphatic rings. The molecule has 3 aromatic rings. The van der Waals surface area contributed by atoms with Crippen LogP contribution in [0, 0.1) is 0 Å². The fourth-order valence-corrected chi connectivity index (χ4v) is 3.37. The molecule has 8 nitrogen and oxygen atoms in total. The van der Waals surface area contributed by atoms with Crippen molar-refractivity contribution >= 4 is 18.1 Å². The van der Waals surface area contributed by atoms with Crippen molar-refractivity contribution in [3.63, 3.8) is 0 Å². The normalized spacial score (nSPS) is 11.5. The van der Waals surface area contributed by atoms with E-state index in [1.807, 2.05) is 6.92 Å². The molecule has 0 unspecified atom stereocenters. The Labute approximate surface area is 189 Å². The number of benzene rings is 1. The van der Waals surface area contributed by atoms with Crippen LogP contribution in [-0.4, -0.2) is 57.1 Å². The van der Waals surface area contributed by atoms with Crippen molar-refractivity contribution in [2.24, 2.45) is 0 Å². The molecule has 0 aliphatic carbocycles. The molecule has 33 heavy (non-hydrogen) atoms. The fraction of sp³-hybridized carbons (Fsp3) is 0.364. The van der Waals surface area contributed by atoms with Gasteiger partial charge in [0, 0.05) is 26.3 Å². The Morgan fingerprint density at radius 3 is 2.67 bits per heavy atom. The first-order valence-corrected chi connectivity index (χ1v) is 10.4. The van der Waals surface area contributed by atoms with Crippen LogP contribution >= 0.6 is 0 Å². The maximum absolute atomic E-state index is 13.0. The van der Waals surface area contributed by atoms with Gasteiger partial charge in [-0.1, -0.05) is 19.1 Å². The van der Waals surface area contributed by atoms with E-state index in [0.717, 1.165) is 18.6 Å². The third-order valence-corrected chi connectivity index (χ3v) is 5.05. The number of H-pyrrole nitrogens is 1. The van der Waals surface area contributed by atoms with Crippen molar-refractivity contribution in [1.82, 2.24) is 24.6 Å². The van der Waals surface area contributed by atoms with Crippen LogP contribution in [0.15, 0.2) is 36.7 Å². The first-order valence-electron chi connectivity index (χ1n) is 10.4. The molecule has 0 radical (unpaired) electrons. The standard InChI is InChI=1S/C22H25F3N6O2/c1-4-9-29(3)21(33)18-20(30(5-2)14-32)28-19(27-18)16-11-26-31(13-16)12-15-7-6-8-17(10-15)22(23,24)25/h6-8,10-11,13-14H,4-5,9,12H2,1-3H3,(H,27,28). The van der Waals surface area contributed by atoms with Crippen LogP contribution in [0.3, 0.4) is 0 Å². The zero-order valence-corrected chi connectivity index (χ0v) is 18.6. The van der Waals surface area contributed by atoms with Gasteiger partial charge >= 0.3 is 6.18 Å². The number of alkyl halides is 3. The van der Waals surface area contributed by atoms with E-state index in [9.17, 15) is 22.8 Å². The minimum Gasteiger partial charge on any atom is -0.340 e. The molecule has 0 spiro atoms. The Morgan fingerprint density at radius 2 is 2.03 bits per heavy atom. The van der Waals surface area contributed by atoms with Gasteiger partial charge in [0.2, 0.25) is 6.41 Å². The van der Waals surface area contributed by atoms with E-state index in [1.54, 1.807) is 26.2 Å². The van der Waals surface area contributed by atoms with E-state index < -0.39 is 11.7 Å². The van der Waals surface area contributed by atoms with Gasteiger partial charge in [-0.3, -0.25) is 19.2 Å². The number of aromatic nitrogens is 4. The van der Waals surface area contributed by atoms with Gasteiger partial charge in [-0.05, 0) is 31.0 Å². The summed E-state index contributed by atoms with van der Waals surface area (Å²) in [4.78, 5) is 34.7. The third kappa shape index (κ3) is 5.41. The summed E-state index contributed by atoms with van der Waals surface area (Å²) in [7, 11) is 1.67. The van der Waals surface area contributed by atoms with E-state index in [1.165, 1.54) is 26.7 Å². The Morgan fingerprint density at radius 1 is 1.27 bits per heavy atom. The van der Waals surface area contributed by atoms with E-state index in [0.29, 0.717) is 36.5 Å². The van der Waals surface area contributed by atoms with E-state index in [2.05, 4.69) is 15.1 Å². The van der Waals surface area contributed by atoms with Crippen molar-refractivity contribution in [2.75, 3.05) is 25.0 Å². The minimum absolute atomic E-state index is 0.123. The first-order chi connectivity index (χ1) is 15.7. The Bertz CT molecular complexity index is 1120. The van der Waals surface area contributed by atoms with Crippen LogP contribution in [0.4, 0.5) is 19.0 Å². The van der Waals surface area contributed by atoms with Gasteiger partial charge in [-0.15, -0.1) is 0 Å². The number of halogens is 3. The summed E-state index contributed by atoms with van der Waals surface area (Å²) < 4.78 is 40.4. The number of nitrogens with zero attached hydrogens (tertiary/aromatic N) is 5. The summed E-state index contributed by atoms with van der Waals surface area (Å²) in [6.45, 7) is 4.69. The molecule has 0 aliphatic heterocycles. The largest absolute Gasteiger partial charge is 0.416 e. The maximum atomic E-state index is 13.0. The summed E-state index contributed by atoms with van der Waals surface area (Å²) >= 11 is 0. The second kappa shape index (κ2) is 9.88. The molecule has 2 amide bonds. The van der Waals surface area contributed by atoms with Crippen LogP contribution in [0.1, 0.15) is 41.9 Å². The van der Waals surface area contributed by atoms with E-state index in [-0.39, 0.29) is 24.0 Å². The molecule has 0 saturated carbocycles. The van der Waals surface area contributed by atoms with Gasteiger partial charge in [0.1, 0.15) is 11.5 Å². The average Bonchev–Trinajstić information content (AvgIpc) is 3.41. The number of imidazole rings is 1. The lowest BCUT2D eigenvalue weighted by molar-refractivity contribution is -0.137. The first kappa shape index (κ1) is 24.0. The third-order valence-electron chi connectivity index (χ3n) is 5.05. The molecule has 0 atom stereocenters. The molecule has 2 heterocycles. The SMILES string of the molecule is CCCN(C)C(=O)c1[nH]c(-c2cnn(Cc3cccc(C(F)(F)F)c3)c2)nc1N(C=O)CC. The molecule has 176 valence electrons. The van der Waals surface area contributed by atoms with Gasteiger partial charge in [0.25, 0.3) is 5.91 Å². The van der Waals surface area contributed by atoms with Gasteiger partial charge in [-0.25, -0.2) is 4.98 Å². The van der Waals surface area contributed by atoms with E-state index >= 15 is 0 Å². The molecule has 0 fully saturated rings. The van der Waals surface area contributed by atoms with Gasteiger partial charge in [0.15, 0.2) is 5.82 Å². The van der Waals surface area contributed by atoms with Crippen molar-refractivity contribution < 1.29 is 22.8 Å². The van der Waals surface area contributed by atoms with Crippen LogP contribution in [0.25, 0.3) is 11.4 Å². The fourth-order valence-electron chi connectivity index (χ4n) is 3.37. The topological polar surface area (TPSA) is 87.1 Å². The Balaban J connectivity index is 1.91. The smallest absolute Gasteiger partial charge is 0.340 e. The number of hydrogen-bond donors (Lipinski definition) is 1. The molecule has 0 bridgehead atoms. The number of amides is 2. The lowest BCUT2D eigenvalue weighted by Crippen LogP contribution is -2.30. The Hall–Kier alpha value is -3.63. The highest BCUT2D eigenvalue weighted by atomic mass is 19.4. The van der Waals surface area contributed by atoms with Crippen molar-refractivity contribution in [2.45, 2.75) is 33.0 Å². The molecule has 0 saturated heterocycles. The lowest BCUT2D eigenvalue weighted by Gasteiger charge is -2.18. The van der Waals surface area contributed by atoms with Crippen molar-refractivity contribution in [3.05, 3.63) is 53.5 Å². The zero-order valence-electron chi connectivity index (χ0n) is 18.6. The van der Waals surface area contributed by atoms with Crippen molar-refractivity contribution in [1.29, 1.82) is 0 Å². The molecule has 1 aromatic carbocycles. The molecular formula is C22H25F3N6O2. The molecular weight excluding hydrogens is 437 g/mol. The highest BCUT2D eigenvalue weighted by Crippen LogP contribution is 2.30. The highest BCUT2D eigenvalue weighted by molar-refractivity contribution is 5.99. The monoisotopic (exact) mass is 462 g/mol. The highest BCUT2D eigenvalue weighted by Gasteiger charge is 2.30. The Kier molecular flexibility index (Phi) is 7.19. The van der Waals surface area contributed by atoms with Crippen LogP contribution < -0.4 is 4.90 Å². The lowest BCUT2D eigenvalue weighted by atomic mass is 10.1. The second-order valence-electron chi connectivity index (χ2n) is 7.53. The number of anilines is 1. The van der Waals surface area contributed by atoms with Gasteiger partial charge < -0.3 is 9.88 Å².